The smallest absolute Gasteiger partial charge is 0.317 e. The molecule has 0 aromatic rings. The first kappa shape index (κ1) is 17.2. The number of hydrogen-bond acceptors (Lipinski definition) is 4. The van der Waals surface area contributed by atoms with E-state index in [9.17, 15) is 9.59 Å². The number of amides is 1. The summed E-state index contributed by atoms with van der Waals surface area (Å²) >= 11 is 0. The van der Waals surface area contributed by atoms with Gasteiger partial charge in [-0.3, -0.25) is 14.5 Å². The van der Waals surface area contributed by atoms with Crippen molar-refractivity contribution >= 4 is 11.9 Å². The number of hydrogen-bond donors (Lipinski definition) is 2. The summed E-state index contributed by atoms with van der Waals surface area (Å²) in [6.45, 7) is 7.60. The molecule has 2 N–H and O–H groups in total. The molecular weight excluding hydrogens is 284 g/mol. The van der Waals surface area contributed by atoms with Crippen molar-refractivity contribution in [1.82, 2.24) is 10.2 Å². The molecule has 2 rings (SSSR count). The van der Waals surface area contributed by atoms with Gasteiger partial charge < -0.3 is 15.2 Å². The third-order valence-electron chi connectivity index (χ3n) is 4.85. The summed E-state index contributed by atoms with van der Waals surface area (Å²) in [7, 11) is 0. The topological polar surface area (TPSA) is 78.9 Å². The van der Waals surface area contributed by atoms with Crippen LogP contribution >= 0.6 is 0 Å². The number of carbonyl (C=O) groups is 2. The van der Waals surface area contributed by atoms with E-state index in [0.717, 1.165) is 25.8 Å². The number of carboxylic acid groups (broad SMARTS) is 1. The number of carbonyl (C=O) groups excluding carboxylic acids is 1. The fourth-order valence-electron chi connectivity index (χ4n) is 3.53. The predicted molar refractivity (Wildman–Crippen MR) is 82.5 cm³/mol. The molecule has 22 heavy (non-hydrogen) atoms. The number of carboxylic acids is 1. The van der Waals surface area contributed by atoms with Gasteiger partial charge in [0.05, 0.1) is 18.6 Å². The van der Waals surface area contributed by atoms with Gasteiger partial charge in [0.2, 0.25) is 5.91 Å². The zero-order valence-corrected chi connectivity index (χ0v) is 13.7. The maximum absolute atomic E-state index is 12.4. The molecule has 6 heteroatoms. The summed E-state index contributed by atoms with van der Waals surface area (Å²) in [5, 5.41) is 12.0. The monoisotopic (exact) mass is 312 g/mol. The molecule has 126 valence electrons. The largest absolute Gasteiger partial charge is 0.480 e. The molecule has 0 aromatic heterocycles. The minimum absolute atomic E-state index is 0.0232. The SMILES string of the molecule is CCN(CC(=O)O)C1CC(NC(=O)C2CCOC2C(C)C)C1. The van der Waals surface area contributed by atoms with Crippen LogP contribution < -0.4 is 5.32 Å². The second-order valence-electron chi connectivity index (χ2n) is 6.76. The van der Waals surface area contributed by atoms with Crippen molar-refractivity contribution < 1.29 is 19.4 Å². The molecule has 1 heterocycles. The van der Waals surface area contributed by atoms with Crippen LogP contribution in [0.3, 0.4) is 0 Å². The third kappa shape index (κ3) is 3.98. The Morgan fingerprint density at radius 1 is 1.36 bits per heavy atom. The lowest BCUT2D eigenvalue weighted by Crippen LogP contribution is -2.56. The Kier molecular flexibility index (Phi) is 5.81. The van der Waals surface area contributed by atoms with Crippen molar-refractivity contribution in [1.29, 1.82) is 0 Å². The lowest BCUT2D eigenvalue weighted by Gasteiger charge is -2.42. The molecule has 0 spiro atoms. The van der Waals surface area contributed by atoms with Crippen LogP contribution in [0.1, 0.15) is 40.0 Å². The van der Waals surface area contributed by atoms with Crippen LogP contribution in [0.4, 0.5) is 0 Å². The lowest BCUT2D eigenvalue weighted by molar-refractivity contribution is -0.140. The van der Waals surface area contributed by atoms with Gasteiger partial charge in [0, 0.05) is 18.7 Å². The van der Waals surface area contributed by atoms with Crippen molar-refractivity contribution in [3.8, 4) is 0 Å². The minimum atomic E-state index is -0.794. The van der Waals surface area contributed by atoms with Crippen molar-refractivity contribution in [3.05, 3.63) is 0 Å². The highest BCUT2D eigenvalue weighted by molar-refractivity contribution is 5.80. The first-order valence-corrected chi connectivity index (χ1v) is 8.30. The molecular formula is C16H28N2O4. The van der Waals surface area contributed by atoms with E-state index >= 15 is 0 Å². The standard InChI is InChI=1S/C16H28N2O4/c1-4-18(9-14(19)20)12-7-11(8-12)17-16(21)13-5-6-22-15(13)10(2)3/h10-13,15H,4-9H2,1-3H3,(H,17,21)(H,19,20). The Morgan fingerprint density at radius 3 is 2.59 bits per heavy atom. The number of likely N-dealkylation sites (N-methyl/N-ethyl adjacent to an activating group) is 1. The molecule has 0 bridgehead atoms. The van der Waals surface area contributed by atoms with Gasteiger partial charge in [-0.25, -0.2) is 0 Å². The minimum Gasteiger partial charge on any atom is -0.480 e. The van der Waals surface area contributed by atoms with E-state index in [4.69, 9.17) is 9.84 Å². The Morgan fingerprint density at radius 2 is 2.05 bits per heavy atom. The predicted octanol–water partition coefficient (Wildman–Crippen LogP) is 1.10. The molecule has 2 unspecified atom stereocenters. The van der Waals surface area contributed by atoms with Crippen molar-refractivity contribution in [2.45, 2.75) is 58.2 Å². The van der Waals surface area contributed by atoms with Gasteiger partial charge in [0.1, 0.15) is 0 Å². The molecule has 6 nitrogen and oxygen atoms in total. The van der Waals surface area contributed by atoms with Crippen LogP contribution in [0.25, 0.3) is 0 Å². The van der Waals surface area contributed by atoms with Crippen LogP contribution in [-0.4, -0.2) is 59.8 Å². The van der Waals surface area contributed by atoms with Gasteiger partial charge in [-0.1, -0.05) is 20.8 Å². The highest BCUT2D eigenvalue weighted by Gasteiger charge is 2.39. The van der Waals surface area contributed by atoms with Gasteiger partial charge in [0.15, 0.2) is 0 Å². The Labute approximate surface area is 132 Å². The summed E-state index contributed by atoms with van der Waals surface area (Å²) in [6.07, 6.45) is 2.50. The van der Waals surface area contributed by atoms with E-state index < -0.39 is 5.97 Å². The average Bonchev–Trinajstić information content (AvgIpc) is 2.89. The van der Waals surface area contributed by atoms with Gasteiger partial charge in [-0.15, -0.1) is 0 Å². The van der Waals surface area contributed by atoms with Crippen LogP contribution in [0.2, 0.25) is 0 Å². The molecule has 1 amide bonds. The molecule has 2 aliphatic rings. The highest BCUT2D eigenvalue weighted by atomic mass is 16.5. The van der Waals surface area contributed by atoms with Crippen molar-refractivity contribution in [2.75, 3.05) is 19.7 Å². The van der Waals surface area contributed by atoms with Crippen LogP contribution in [0, 0.1) is 11.8 Å². The van der Waals surface area contributed by atoms with Gasteiger partial charge >= 0.3 is 5.97 Å². The van der Waals surface area contributed by atoms with Crippen LogP contribution in [0.15, 0.2) is 0 Å². The van der Waals surface area contributed by atoms with Crippen LogP contribution in [0.5, 0.6) is 0 Å². The maximum Gasteiger partial charge on any atom is 0.317 e. The summed E-state index contributed by atoms with van der Waals surface area (Å²) in [5.74, 6) is -0.392. The molecule has 2 fully saturated rings. The number of rotatable bonds is 7. The molecule has 1 saturated heterocycles. The number of nitrogens with one attached hydrogen (secondary N) is 1. The van der Waals surface area contributed by atoms with Gasteiger partial charge in [0.25, 0.3) is 0 Å². The molecule has 2 atom stereocenters. The van der Waals surface area contributed by atoms with E-state index in [1.165, 1.54) is 0 Å². The second-order valence-corrected chi connectivity index (χ2v) is 6.76. The van der Waals surface area contributed by atoms with E-state index in [1.54, 1.807) is 0 Å². The number of ether oxygens (including phenoxy) is 1. The summed E-state index contributed by atoms with van der Waals surface area (Å²) in [5.41, 5.74) is 0. The zero-order valence-electron chi connectivity index (χ0n) is 13.7. The highest BCUT2D eigenvalue weighted by Crippen LogP contribution is 2.29. The molecule has 0 radical (unpaired) electrons. The molecule has 0 aromatic carbocycles. The maximum atomic E-state index is 12.4. The third-order valence-corrected chi connectivity index (χ3v) is 4.85. The van der Waals surface area contributed by atoms with E-state index in [0.29, 0.717) is 12.5 Å². The molecule has 1 aliphatic heterocycles. The van der Waals surface area contributed by atoms with Gasteiger partial charge in [-0.05, 0) is 31.7 Å². The lowest BCUT2D eigenvalue weighted by atomic mass is 9.84. The summed E-state index contributed by atoms with van der Waals surface area (Å²) in [4.78, 5) is 25.2. The zero-order chi connectivity index (χ0) is 16.3. The normalized spacial score (nSPS) is 31.3. The quantitative estimate of drug-likeness (QED) is 0.736. The summed E-state index contributed by atoms with van der Waals surface area (Å²) < 4.78 is 5.67. The van der Waals surface area contributed by atoms with Crippen LogP contribution in [-0.2, 0) is 14.3 Å². The van der Waals surface area contributed by atoms with Crippen molar-refractivity contribution in [2.24, 2.45) is 11.8 Å². The second kappa shape index (κ2) is 7.42. The number of aliphatic carboxylic acids is 1. The Bertz CT molecular complexity index is 407. The average molecular weight is 312 g/mol. The van der Waals surface area contributed by atoms with E-state index in [2.05, 4.69) is 19.2 Å². The first-order valence-electron chi connectivity index (χ1n) is 8.30. The fourth-order valence-corrected chi connectivity index (χ4v) is 3.53. The van der Waals surface area contributed by atoms with E-state index in [1.807, 2.05) is 11.8 Å². The Hall–Kier alpha value is -1.14. The van der Waals surface area contributed by atoms with E-state index in [-0.39, 0.29) is 36.6 Å². The van der Waals surface area contributed by atoms with Crippen molar-refractivity contribution in [3.63, 3.8) is 0 Å². The Balaban J connectivity index is 1.77. The fraction of sp³-hybridized carbons (Fsp3) is 0.875. The van der Waals surface area contributed by atoms with Gasteiger partial charge in [-0.2, -0.15) is 0 Å². The first-order chi connectivity index (χ1) is 10.4. The number of nitrogens with zero attached hydrogens (tertiary/aromatic N) is 1. The molecule has 1 saturated carbocycles. The summed E-state index contributed by atoms with van der Waals surface area (Å²) in [6, 6.07) is 0.445. The molecule has 1 aliphatic carbocycles.